The van der Waals surface area contributed by atoms with Crippen LogP contribution in [0, 0.1) is 18.3 Å². The number of hydrogen-bond acceptors (Lipinski definition) is 5. The molecule has 2 N–H and O–H groups in total. The summed E-state index contributed by atoms with van der Waals surface area (Å²) in [7, 11) is 0. The van der Waals surface area contributed by atoms with Gasteiger partial charge in [-0.05, 0) is 30.7 Å². The van der Waals surface area contributed by atoms with Gasteiger partial charge >= 0.3 is 0 Å². The number of pyridine rings is 1. The van der Waals surface area contributed by atoms with Crippen molar-refractivity contribution in [1.82, 2.24) is 20.2 Å². The molecule has 0 aliphatic heterocycles. The summed E-state index contributed by atoms with van der Waals surface area (Å²) < 4.78 is 0. The summed E-state index contributed by atoms with van der Waals surface area (Å²) in [4.78, 5) is 22.7. The second-order valence-electron chi connectivity index (χ2n) is 7.22. The summed E-state index contributed by atoms with van der Waals surface area (Å²) in [6.07, 6.45) is 2.45. The quantitative estimate of drug-likeness (QED) is 0.433. The van der Waals surface area contributed by atoms with Crippen molar-refractivity contribution in [1.29, 1.82) is 5.26 Å². The number of para-hydroxylation sites is 1. The predicted molar refractivity (Wildman–Crippen MR) is 122 cm³/mol. The molecule has 3 heterocycles. The van der Waals surface area contributed by atoms with E-state index in [-0.39, 0.29) is 5.56 Å². The van der Waals surface area contributed by atoms with E-state index in [1.165, 1.54) is 0 Å². The first-order valence-electron chi connectivity index (χ1n) is 9.74. The molecule has 2 aromatic carbocycles. The molecule has 0 spiro atoms. The van der Waals surface area contributed by atoms with Crippen molar-refractivity contribution < 1.29 is 0 Å². The highest BCUT2D eigenvalue weighted by atomic mass is 32.1. The van der Waals surface area contributed by atoms with Crippen LogP contribution in [0.3, 0.4) is 0 Å². The summed E-state index contributed by atoms with van der Waals surface area (Å²) in [5.74, 6) is 0. The number of rotatable bonds is 4. The van der Waals surface area contributed by atoms with Gasteiger partial charge in [-0.2, -0.15) is 5.26 Å². The Morgan fingerprint density at radius 2 is 1.90 bits per heavy atom. The van der Waals surface area contributed by atoms with Crippen LogP contribution in [0.1, 0.15) is 21.8 Å². The first-order chi connectivity index (χ1) is 15.1. The number of nitriles is 1. The molecule has 0 aliphatic rings. The predicted octanol–water partition coefficient (Wildman–Crippen LogP) is 4.81. The number of H-pyrrole nitrogens is 2. The molecule has 3 aromatic heterocycles. The standard InChI is InChI=1S/C24H17N5OS/c1-14-23(24(30)29-28-14)20-11-18(17-8-4-5-9-19(17)27-20)21-13-26-22(31-21)10-15-6-2-3-7-16(15)12-25/h2-9,11,13H,10H2,1H3,(H2,28,29,30). The van der Waals surface area contributed by atoms with Gasteiger partial charge in [0.1, 0.15) is 0 Å². The smallest absolute Gasteiger partial charge is 0.273 e. The van der Waals surface area contributed by atoms with Crippen LogP contribution < -0.4 is 5.56 Å². The average Bonchev–Trinajstić information content (AvgIpc) is 3.39. The number of aromatic nitrogens is 4. The molecular formula is C24H17N5OS. The molecule has 0 fully saturated rings. The van der Waals surface area contributed by atoms with E-state index >= 15 is 0 Å². The normalized spacial score (nSPS) is 11.0. The van der Waals surface area contributed by atoms with Crippen molar-refractivity contribution in [2.45, 2.75) is 13.3 Å². The van der Waals surface area contributed by atoms with E-state index in [4.69, 9.17) is 4.98 Å². The number of fused-ring (bicyclic) bond motifs is 1. The van der Waals surface area contributed by atoms with Gasteiger partial charge in [0.2, 0.25) is 0 Å². The van der Waals surface area contributed by atoms with E-state index in [0.717, 1.165) is 37.6 Å². The van der Waals surface area contributed by atoms with Gasteiger partial charge in [-0.15, -0.1) is 11.3 Å². The zero-order valence-electron chi connectivity index (χ0n) is 16.6. The van der Waals surface area contributed by atoms with E-state index < -0.39 is 0 Å². The highest BCUT2D eigenvalue weighted by molar-refractivity contribution is 7.15. The third kappa shape index (κ3) is 3.43. The molecular weight excluding hydrogens is 406 g/mol. The van der Waals surface area contributed by atoms with E-state index in [1.54, 1.807) is 11.3 Å². The SMILES string of the molecule is Cc1[nH][nH]c(=O)c1-c1cc(-c2cnc(Cc3ccccc3C#N)s2)c2ccccc2n1. The van der Waals surface area contributed by atoms with Crippen LogP contribution in [0.4, 0.5) is 0 Å². The Hall–Kier alpha value is -4.02. The minimum Gasteiger partial charge on any atom is -0.302 e. The lowest BCUT2D eigenvalue weighted by molar-refractivity contribution is 1.02. The number of aromatic amines is 2. The Labute approximate surface area is 181 Å². The second kappa shape index (κ2) is 7.67. The average molecular weight is 424 g/mol. The number of aryl methyl sites for hydroxylation is 1. The highest BCUT2D eigenvalue weighted by Gasteiger charge is 2.16. The minimum absolute atomic E-state index is 0.190. The molecule has 150 valence electrons. The fraction of sp³-hybridized carbons (Fsp3) is 0.0833. The summed E-state index contributed by atoms with van der Waals surface area (Å²) >= 11 is 1.59. The molecule has 0 aliphatic carbocycles. The molecule has 0 saturated carbocycles. The maximum atomic E-state index is 12.3. The van der Waals surface area contributed by atoms with Crippen molar-refractivity contribution in [3.05, 3.63) is 93.0 Å². The molecule has 0 radical (unpaired) electrons. The van der Waals surface area contributed by atoms with Crippen LogP contribution in [0.25, 0.3) is 32.6 Å². The van der Waals surface area contributed by atoms with Gasteiger partial charge in [0.15, 0.2) is 0 Å². The Morgan fingerprint density at radius 3 is 2.71 bits per heavy atom. The van der Waals surface area contributed by atoms with E-state index in [2.05, 4.69) is 21.3 Å². The van der Waals surface area contributed by atoms with Crippen molar-refractivity contribution in [3.8, 4) is 27.8 Å². The van der Waals surface area contributed by atoms with Crippen molar-refractivity contribution in [2.24, 2.45) is 0 Å². The first-order valence-corrected chi connectivity index (χ1v) is 10.6. The molecule has 0 atom stereocenters. The lowest BCUT2D eigenvalue weighted by Crippen LogP contribution is -2.03. The molecule has 0 bridgehead atoms. The van der Waals surface area contributed by atoms with Crippen LogP contribution in [0.5, 0.6) is 0 Å². The third-order valence-electron chi connectivity index (χ3n) is 5.24. The zero-order valence-corrected chi connectivity index (χ0v) is 17.5. The molecule has 0 saturated heterocycles. The largest absolute Gasteiger partial charge is 0.302 e. The van der Waals surface area contributed by atoms with Crippen molar-refractivity contribution in [2.75, 3.05) is 0 Å². The summed E-state index contributed by atoms with van der Waals surface area (Å²) in [5, 5.41) is 16.8. The highest BCUT2D eigenvalue weighted by Crippen LogP contribution is 2.35. The zero-order chi connectivity index (χ0) is 21.4. The van der Waals surface area contributed by atoms with Crippen LogP contribution >= 0.6 is 11.3 Å². The monoisotopic (exact) mass is 423 g/mol. The maximum absolute atomic E-state index is 12.3. The number of thiazole rings is 1. The Balaban J connectivity index is 1.62. The molecule has 7 heteroatoms. The van der Waals surface area contributed by atoms with Crippen LogP contribution in [-0.4, -0.2) is 20.2 Å². The fourth-order valence-electron chi connectivity index (χ4n) is 3.72. The van der Waals surface area contributed by atoms with E-state index in [9.17, 15) is 10.1 Å². The van der Waals surface area contributed by atoms with Crippen LogP contribution in [-0.2, 0) is 6.42 Å². The molecule has 5 aromatic rings. The van der Waals surface area contributed by atoms with E-state index in [1.807, 2.05) is 67.7 Å². The summed E-state index contributed by atoms with van der Waals surface area (Å²) in [5.41, 5.74) is 5.15. The minimum atomic E-state index is -0.190. The van der Waals surface area contributed by atoms with E-state index in [0.29, 0.717) is 23.2 Å². The number of nitrogens with zero attached hydrogens (tertiary/aromatic N) is 3. The van der Waals surface area contributed by atoms with Gasteiger partial charge < -0.3 is 5.10 Å². The Kier molecular flexibility index (Phi) is 4.69. The van der Waals surface area contributed by atoms with Gasteiger partial charge in [0, 0.05) is 29.3 Å². The van der Waals surface area contributed by atoms with Crippen LogP contribution in [0.15, 0.2) is 65.6 Å². The van der Waals surface area contributed by atoms with Crippen LogP contribution in [0.2, 0.25) is 0 Å². The van der Waals surface area contributed by atoms with Gasteiger partial charge in [-0.1, -0.05) is 36.4 Å². The molecule has 31 heavy (non-hydrogen) atoms. The van der Waals surface area contributed by atoms with Gasteiger partial charge in [0.05, 0.1) is 38.3 Å². The third-order valence-corrected chi connectivity index (χ3v) is 6.27. The Morgan fingerprint density at radius 1 is 1.10 bits per heavy atom. The molecule has 6 nitrogen and oxygen atoms in total. The second-order valence-corrected chi connectivity index (χ2v) is 8.33. The Bertz CT molecular complexity index is 1520. The maximum Gasteiger partial charge on any atom is 0.273 e. The lowest BCUT2D eigenvalue weighted by Gasteiger charge is -2.07. The van der Waals surface area contributed by atoms with Crippen molar-refractivity contribution in [3.63, 3.8) is 0 Å². The summed E-state index contributed by atoms with van der Waals surface area (Å²) in [6.45, 7) is 1.85. The molecule has 0 amide bonds. The van der Waals surface area contributed by atoms with Gasteiger partial charge in [-0.3, -0.25) is 9.89 Å². The fourth-order valence-corrected chi connectivity index (χ4v) is 4.70. The number of benzene rings is 2. The number of nitrogens with one attached hydrogen (secondary N) is 2. The topological polar surface area (TPSA) is 98.2 Å². The summed E-state index contributed by atoms with van der Waals surface area (Å²) in [6, 6.07) is 19.7. The molecule has 0 unspecified atom stereocenters. The van der Waals surface area contributed by atoms with Crippen molar-refractivity contribution >= 4 is 22.2 Å². The van der Waals surface area contributed by atoms with Gasteiger partial charge in [-0.25, -0.2) is 9.97 Å². The van der Waals surface area contributed by atoms with Gasteiger partial charge in [0.25, 0.3) is 5.56 Å². The molecule has 5 rings (SSSR count). The lowest BCUT2D eigenvalue weighted by atomic mass is 10.0. The number of hydrogen-bond donors (Lipinski definition) is 2. The first kappa shape index (κ1) is 19.0.